The summed E-state index contributed by atoms with van der Waals surface area (Å²) in [5.41, 5.74) is 1.89. The van der Waals surface area contributed by atoms with Gasteiger partial charge in [0.05, 0.1) is 22.0 Å². The minimum atomic E-state index is -4.51. The van der Waals surface area contributed by atoms with Crippen molar-refractivity contribution in [2.24, 2.45) is 0 Å². The fourth-order valence-electron chi connectivity index (χ4n) is 2.61. The number of nitrogens with zero attached hydrogens (tertiary/aromatic N) is 4. The molecule has 4 aromatic rings. The molecule has 0 spiro atoms. The van der Waals surface area contributed by atoms with Crippen molar-refractivity contribution in [2.45, 2.75) is 6.18 Å². The van der Waals surface area contributed by atoms with E-state index in [1.807, 2.05) is 30.3 Å². The fraction of sp³-hybridized carbons (Fsp3) is 0.0556. The molecular formula is C18H10ClF3N4. The first-order valence-electron chi connectivity index (χ1n) is 7.57. The molecule has 0 N–H and O–H groups in total. The fourth-order valence-corrected chi connectivity index (χ4v) is 2.87. The van der Waals surface area contributed by atoms with Gasteiger partial charge in [0.15, 0.2) is 5.65 Å². The van der Waals surface area contributed by atoms with Gasteiger partial charge in [-0.2, -0.15) is 18.3 Å². The van der Waals surface area contributed by atoms with E-state index < -0.39 is 11.7 Å². The van der Waals surface area contributed by atoms with E-state index in [0.29, 0.717) is 17.0 Å². The van der Waals surface area contributed by atoms with Crippen LogP contribution in [0.5, 0.6) is 0 Å². The van der Waals surface area contributed by atoms with Crippen LogP contribution in [-0.2, 0) is 6.18 Å². The topological polar surface area (TPSA) is 43.1 Å². The van der Waals surface area contributed by atoms with Crippen LogP contribution in [-0.4, -0.2) is 19.6 Å². The van der Waals surface area contributed by atoms with Gasteiger partial charge in [-0.25, -0.2) is 9.50 Å². The Kier molecular flexibility index (Phi) is 3.88. The Balaban J connectivity index is 1.86. The van der Waals surface area contributed by atoms with Crippen LogP contribution >= 0.6 is 11.6 Å². The zero-order valence-corrected chi connectivity index (χ0v) is 13.8. The second-order valence-corrected chi connectivity index (χ2v) is 5.96. The third-order valence-electron chi connectivity index (χ3n) is 3.84. The van der Waals surface area contributed by atoms with Crippen LogP contribution in [0.2, 0.25) is 5.02 Å². The standard InChI is InChI=1S/C18H10ClF3N4/c19-13-8-12(18(20,21)22)10-24-17(13)15-6-7-23-16-9-14(25-26(15)16)11-4-2-1-3-5-11/h1-10H. The first-order chi connectivity index (χ1) is 12.4. The van der Waals surface area contributed by atoms with Crippen molar-refractivity contribution in [2.75, 3.05) is 0 Å². The van der Waals surface area contributed by atoms with E-state index >= 15 is 0 Å². The molecule has 0 bridgehead atoms. The monoisotopic (exact) mass is 374 g/mol. The predicted molar refractivity (Wildman–Crippen MR) is 91.7 cm³/mol. The molecule has 0 atom stereocenters. The molecule has 0 radical (unpaired) electrons. The maximum atomic E-state index is 12.8. The summed E-state index contributed by atoms with van der Waals surface area (Å²) in [4.78, 5) is 8.16. The van der Waals surface area contributed by atoms with Crippen molar-refractivity contribution in [1.29, 1.82) is 0 Å². The van der Waals surface area contributed by atoms with Crippen molar-refractivity contribution >= 4 is 17.2 Å². The SMILES string of the molecule is FC(F)(F)c1cnc(-c2ccnc3cc(-c4ccccc4)nn23)c(Cl)c1. The minimum Gasteiger partial charge on any atom is -0.252 e. The Morgan fingerprint density at radius 2 is 1.73 bits per heavy atom. The van der Waals surface area contributed by atoms with Gasteiger partial charge in [-0.1, -0.05) is 41.9 Å². The average Bonchev–Trinajstić information content (AvgIpc) is 3.06. The molecule has 0 unspecified atom stereocenters. The lowest BCUT2D eigenvalue weighted by molar-refractivity contribution is -0.137. The number of hydrogen-bond donors (Lipinski definition) is 0. The Labute approximate surface area is 150 Å². The lowest BCUT2D eigenvalue weighted by atomic mass is 10.2. The third-order valence-corrected chi connectivity index (χ3v) is 4.13. The average molecular weight is 375 g/mol. The zero-order valence-electron chi connectivity index (χ0n) is 13.1. The summed E-state index contributed by atoms with van der Waals surface area (Å²) in [5, 5.41) is 4.40. The smallest absolute Gasteiger partial charge is 0.252 e. The lowest BCUT2D eigenvalue weighted by Crippen LogP contribution is -2.06. The van der Waals surface area contributed by atoms with E-state index in [9.17, 15) is 13.2 Å². The molecule has 26 heavy (non-hydrogen) atoms. The van der Waals surface area contributed by atoms with Gasteiger partial charge >= 0.3 is 6.18 Å². The van der Waals surface area contributed by atoms with E-state index in [0.717, 1.165) is 17.8 Å². The van der Waals surface area contributed by atoms with Crippen LogP contribution < -0.4 is 0 Å². The molecule has 130 valence electrons. The first-order valence-corrected chi connectivity index (χ1v) is 7.94. The van der Waals surface area contributed by atoms with Gasteiger partial charge in [0.25, 0.3) is 0 Å². The molecule has 4 nitrogen and oxygen atoms in total. The number of aromatic nitrogens is 4. The van der Waals surface area contributed by atoms with Gasteiger partial charge in [0, 0.05) is 24.0 Å². The number of benzene rings is 1. The van der Waals surface area contributed by atoms with Gasteiger partial charge in [-0.3, -0.25) is 4.98 Å². The lowest BCUT2D eigenvalue weighted by Gasteiger charge is -2.10. The predicted octanol–water partition coefficient (Wildman–Crippen LogP) is 5.13. The summed E-state index contributed by atoms with van der Waals surface area (Å²) in [6.07, 6.45) is -2.21. The highest BCUT2D eigenvalue weighted by molar-refractivity contribution is 6.33. The van der Waals surface area contributed by atoms with Crippen LogP contribution in [0.4, 0.5) is 13.2 Å². The van der Waals surface area contributed by atoms with Crippen LogP contribution in [0.25, 0.3) is 28.3 Å². The molecule has 3 heterocycles. The minimum absolute atomic E-state index is 0.107. The number of pyridine rings is 1. The second kappa shape index (κ2) is 6.10. The van der Waals surface area contributed by atoms with E-state index in [2.05, 4.69) is 15.1 Å². The maximum absolute atomic E-state index is 12.8. The quantitative estimate of drug-likeness (QED) is 0.488. The number of rotatable bonds is 2. The highest BCUT2D eigenvalue weighted by Crippen LogP contribution is 2.34. The number of halogens is 4. The van der Waals surface area contributed by atoms with E-state index in [1.165, 1.54) is 10.7 Å². The molecule has 4 rings (SSSR count). The summed E-state index contributed by atoms with van der Waals surface area (Å²) in [7, 11) is 0. The van der Waals surface area contributed by atoms with Crippen LogP contribution in [0.3, 0.4) is 0 Å². The molecule has 1 aromatic carbocycles. The molecule has 0 aliphatic carbocycles. The molecule has 0 aliphatic rings. The van der Waals surface area contributed by atoms with E-state index in [4.69, 9.17) is 11.6 Å². The Bertz CT molecular complexity index is 1090. The van der Waals surface area contributed by atoms with Crippen LogP contribution in [0.15, 0.2) is 60.9 Å². The Hall–Kier alpha value is -2.93. The molecule has 0 saturated carbocycles. The summed E-state index contributed by atoms with van der Waals surface area (Å²) >= 11 is 6.07. The molecule has 0 aliphatic heterocycles. The Morgan fingerprint density at radius 1 is 0.962 bits per heavy atom. The third kappa shape index (κ3) is 2.90. The highest BCUT2D eigenvalue weighted by Gasteiger charge is 2.31. The number of alkyl halides is 3. The molecule has 0 fully saturated rings. The van der Waals surface area contributed by atoms with Crippen LogP contribution in [0.1, 0.15) is 5.56 Å². The van der Waals surface area contributed by atoms with Gasteiger partial charge in [-0.15, -0.1) is 0 Å². The van der Waals surface area contributed by atoms with Gasteiger partial charge in [0.1, 0.15) is 5.69 Å². The van der Waals surface area contributed by atoms with Crippen molar-refractivity contribution < 1.29 is 13.2 Å². The Morgan fingerprint density at radius 3 is 2.42 bits per heavy atom. The molecule has 0 saturated heterocycles. The molecule has 0 amide bonds. The van der Waals surface area contributed by atoms with Crippen molar-refractivity contribution in [3.05, 3.63) is 71.5 Å². The van der Waals surface area contributed by atoms with Gasteiger partial charge in [-0.05, 0) is 12.1 Å². The van der Waals surface area contributed by atoms with E-state index in [-0.39, 0.29) is 10.7 Å². The van der Waals surface area contributed by atoms with Crippen molar-refractivity contribution in [3.63, 3.8) is 0 Å². The molecule has 3 aromatic heterocycles. The molecule has 8 heteroatoms. The first kappa shape index (κ1) is 16.5. The zero-order chi connectivity index (χ0) is 18.3. The highest BCUT2D eigenvalue weighted by atomic mass is 35.5. The van der Waals surface area contributed by atoms with Gasteiger partial charge in [0.2, 0.25) is 0 Å². The summed E-state index contributed by atoms with van der Waals surface area (Å²) in [5.74, 6) is 0. The maximum Gasteiger partial charge on any atom is 0.417 e. The summed E-state index contributed by atoms with van der Waals surface area (Å²) < 4.78 is 40.0. The normalized spacial score (nSPS) is 11.8. The van der Waals surface area contributed by atoms with Crippen molar-refractivity contribution in [3.8, 4) is 22.6 Å². The number of fused-ring (bicyclic) bond motifs is 1. The second-order valence-electron chi connectivity index (χ2n) is 5.55. The molecular weight excluding hydrogens is 365 g/mol. The van der Waals surface area contributed by atoms with E-state index in [1.54, 1.807) is 12.1 Å². The summed E-state index contributed by atoms with van der Waals surface area (Å²) in [6, 6.07) is 13.7. The largest absolute Gasteiger partial charge is 0.417 e. The van der Waals surface area contributed by atoms with Crippen LogP contribution in [0, 0.1) is 0 Å². The van der Waals surface area contributed by atoms with Crippen molar-refractivity contribution in [1.82, 2.24) is 19.6 Å². The summed E-state index contributed by atoms with van der Waals surface area (Å²) in [6.45, 7) is 0. The number of hydrogen-bond acceptors (Lipinski definition) is 3. The van der Waals surface area contributed by atoms with Gasteiger partial charge < -0.3 is 0 Å².